The van der Waals surface area contributed by atoms with E-state index in [1.54, 1.807) is 0 Å². The van der Waals surface area contributed by atoms with E-state index in [2.05, 4.69) is 15.9 Å². The van der Waals surface area contributed by atoms with Gasteiger partial charge in [0.2, 0.25) is 0 Å². The van der Waals surface area contributed by atoms with E-state index in [4.69, 9.17) is 15.8 Å². The second kappa shape index (κ2) is 4.38. The lowest BCUT2D eigenvalue weighted by molar-refractivity contribution is 0.0698. The van der Waals surface area contributed by atoms with Gasteiger partial charge in [0.1, 0.15) is 0 Å². The molecule has 15 heavy (non-hydrogen) atoms. The molecule has 0 aromatic heterocycles. The molecule has 5 nitrogen and oxygen atoms in total. The van der Waals surface area contributed by atoms with Crippen LogP contribution in [0.25, 0.3) is 0 Å². The van der Waals surface area contributed by atoms with E-state index < -0.39 is 15.2 Å². The van der Waals surface area contributed by atoms with Gasteiger partial charge in [0.05, 0.1) is 11.3 Å². The summed E-state index contributed by atoms with van der Waals surface area (Å²) < 4.78 is 23.8. The highest BCUT2D eigenvalue weighted by Crippen LogP contribution is 2.22. The van der Waals surface area contributed by atoms with E-state index in [0.29, 0.717) is 4.47 Å². The lowest BCUT2D eigenvalue weighted by Crippen LogP contribution is -2.09. The molecular formula is C7H5BrClNO4S. The molecule has 2 N–H and O–H groups in total. The van der Waals surface area contributed by atoms with Gasteiger partial charge in [0, 0.05) is 15.2 Å². The van der Waals surface area contributed by atoms with E-state index >= 15 is 0 Å². The minimum Gasteiger partial charge on any atom is -0.478 e. The maximum Gasteiger partial charge on any atom is 0.337 e. The average Bonchev–Trinajstić information content (AvgIpc) is 2.05. The van der Waals surface area contributed by atoms with Crippen molar-refractivity contribution in [3.8, 4) is 0 Å². The molecule has 0 aliphatic carbocycles. The van der Waals surface area contributed by atoms with Crippen LogP contribution in [0, 0.1) is 0 Å². The molecule has 0 saturated heterocycles. The number of aromatic carboxylic acids is 1. The zero-order valence-corrected chi connectivity index (χ0v) is 10.2. The predicted molar refractivity (Wildman–Crippen MR) is 59.5 cm³/mol. The first-order valence-electron chi connectivity index (χ1n) is 3.55. The van der Waals surface area contributed by atoms with Crippen molar-refractivity contribution < 1.29 is 18.3 Å². The minimum absolute atomic E-state index is 0.0827. The largest absolute Gasteiger partial charge is 0.478 e. The quantitative estimate of drug-likeness (QED) is 0.836. The van der Waals surface area contributed by atoms with E-state index in [1.807, 2.05) is 4.72 Å². The summed E-state index contributed by atoms with van der Waals surface area (Å²) in [6.45, 7) is 0. The van der Waals surface area contributed by atoms with Crippen LogP contribution in [0.5, 0.6) is 0 Å². The smallest absolute Gasteiger partial charge is 0.337 e. The molecule has 0 heterocycles. The summed E-state index contributed by atoms with van der Waals surface area (Å²) in [4.78, 5) is 10.8. The minimum atomic E-state index is -4.00. The number of hydrogen-bond acceptors (Lipinski definition) is 3. The fourth-order valence-electron chi connectivity index (χ4n) is 0.914. The van der Waals surface area contributed by atoms with Gasteiger partial charge in [-0.2, -0.15) is 8.42 Å². The van der Waals surface area contributed by atoms with Gasteiger partial charge in [-0.05, 0) is 18.2 Å². The first-order valence-corrected chi connectivity index (χ1v) is 6.65. The molecular weight excluding hydrogens is 310 g/mol. The van der Waals surface area contributed by atoms with E-state index in [9.17, 15) is 13.2 Å². The molecule has 0 spiro atoms. The van der Waals surface area contributed by atoms with Crippen LogP contribution >= 0.6 is 26.6 Å². The summed E-state index contributed by atoms with van der Waals surface area (Å²) in [5.41, 5.74) is -0.269. The molecule has 8 heteroatoms. The lowest BCUT2D eigenvalue weighted by Gasteiger charge is -2.06. The molecule has 0 fully saturated rings. The summed E-state index contributed by atoms with van der Waals surface area (Å²) in [5, 5.41) is 8.79. The SMILES string of the molecule is O=C(O)c1cc(Br)ccc1NS(=O)(=O)Cl. The molecule has 0 aliphatic rings. The van der Waals surface area contributed by atoms with Crippen LogP contribution in [0.2, 0.25) is 0 Å². The highest BCUT2D eigenvalue weighted by atomic mass is 79.9. The third-order valence-corrected chi connectivity index (χ3v) is 2.63. The van der Waals surface area contributed by atoms with Gasteiger partial charge >= 0.3 is 15.2 Å². The molecule has 0 amide bonds. The van der Waals surface area contributed by atoms with Crippen molar-refractivity contribution in [2.45, 2.75) is 0 Å². The standard InChI is InChI=1S/C7H5BrClNO4S/c8-4-1-2-6(10-15(9,13)14)5(3-4)7(11)12/h1-3,10H,(H,11,12). The predicted octanol–water partition coefficient (Wildman–Crippen LogP) is 2.04. The summed E-state index contributed by atoms with van der Waals surface area (Å²) in [6.07, 6.45) is 0. The Hall–Kier alpha value is -0.790. The Labute approximate surface area is 98.7 Å². The Morgan fingerprint density at radius 3 is 2.53 bits per heavy atom. The van der Waals surface area contributed by atoms with Crippen LogP contribution in [0.1, 0.15) is 10.4 Å². The van der Waals surface area contributed by atoms with Gasteiger partial charge in [-0.15, -0.1) is 0 Å². The summed E-state index contributed by atoms with van der Waals surface area (Å²) in [6, 6.07) is 4.07. The fraction of sp³-hybridized carbons (Fsp3) is 0. The van der Waals surface area contributed by atoms with Crippen LogP contribution in [0.3, 0.4) is 0 Å². The van der Waals surface area contributed by atoms with Gasteiger partial charge in [-0.1, -0.05) is 15.9 Å². The summed E-state index contributed by atoms with van der Waals surface area (Å²) in [5.74, 6) is -1.25. The van der Waals surface area contributed by atoms with Crippen molar-refractivity contribution >= 4 is 47.5 Å². The fourth-order valence-corrected chi connectivity index (χ4v) is 1.96. The van der Waals surface area contributed by atoms with Gasteiger partial charge < -0.3 is 5.11 Å². The molecule has 0 radical (unpaired) electrons. The third kappa shape index (κ3) is 3.69. The number of nitrogens with one attached hydrogen (secondary N) is 1. The Morgan fingerprint density at radius 1 is 1.47 bits per heavy atom. The van der Waals surface area contributed by atoms with Gasteiger partial charge in [-0.3, -0.25) is 4.72 Å². The highest BCUT2D eigenvalue weighted by Gasteiger charge is 2.14. The van der Waals surface area contributed by atoms with E-state index in [-0.39, 0.29) is 11.3 Å². The molecule has 0 atom stereocenters. The molecule has 1 rings (SSSR count). The number of rotatable bonds is 3. The maximum atomic E-state index is 10.8. The van der Waals surface area contributed by atoms with E-state index in [1.165, 1.54) is 18.2 Å². The number of halogens is 2. The van der Waals surface area contributed by atoms with Crippen LogP contribution < -0.4 is 4.72 Å². The van der Waals surface area contributed by atoms with Crippen molar-refractivity contribution in [1.82, 2.24) is 0 Å². The third-order valence-electron chi connectivity index (χ3n) is 1.44. The normalized spacial score (nSPS) is 11.1. The zero-order valence-electron chi connectivity index (χ0n) is 7.07. The zero-order chi connectivity index (χ0) is 11.6. The second-order valence-corrected chi connectivity index (χ2v) is 5.75. The maximum absolute atomic E-state index is 10.8. The van der Waals surface area contributed by atoms with Gasteiger partial charge in [0.15, 0.2) is 0 Å². The summed E-state index contributed by atoms with van der Waals surface area (Å²) >= 11 is 3.07. The van der Waals surface area contributed by atoms with Crippen LogP contribution in [-0.4, -0.2) is 19.5 Å². The Balaban J connectivity index is 3.24. The number of benzene rings is 1. The van der Waals surface area contributed by atoms with Crippen LogP contribution in [-0.2, 0) is 9.24 Å². The topological polar surface area (TPSA) is 83.5 Å². The Morgan fingerprint density at radius 2 is 2.07 bits per heavy atom. The molecule has 0 aliphatic heterocycles. The number of carboxylic acid groups (broad SMARTS) is 1. The molecule has 0 saturated carbocycles. The first kappa shape index (κ1) is 12.3. The van der Waals surface area contributed by atoms with E-state index in [0.717, 1.165) is 0 Å². The number of hydrogen-bond donors (Lipinski definition) is 2. The Kier molecular flexibility index (Phi) is 3.58. The Bertz CT molecular complexity index is 502. The monoisotopic (exact) mass is 313 g/mol. The number of carbonyl (C=O) groups is 1. The summed E-state index contributed by atoms with van der Waals surface area (Å²) in [7, 11) is 0.938. The molecule has 0 bridgehead atoms. The number of anilines is 1. The van der Waals surface area contributed by atoms with Crippen molar-refractivity contribution in [3.63, 3.8) is 0 Å². The van der Waals surface area contributed by atoms with Crippen molar-refractivity contribution in [2.24, 2.45) is 0 Å². The first-order chi connectivity index (χ1) is 6.79. The average molecular weight is 315 g/mol. The van der Waals surface area contributed by atoms with Crippen molar-refractivity contribution in [2.75, 3.05) is 4.72 Å². The highest BCUT2D eigenvalue weighted by molar-refractivity contribution is 9.10. The van der Waals surface area contributed by atoms with Crippen LogP contribution in [0.4, 0.5) is 5.69 Å². The number of carboxylic acids is 1. The molecule has 1 aromatic rings. The molecule has 1 aromatic carbocycles. The molecule has 0 unspecified atom stereocenters. The van der Waals surface area contributed by atoms with Gasteiger partial charge in [-0.25, -0.2) is 4.79 Å². The van der Waals surface area contributed by atoms with Crippen molar-refractivity contribution in [3.05, 3.63) is 28.2 Å². The second-order valence-electron chi connectivity index (χ2n) is 2.53. The lowest BCUT2D eigenvalue weighted by atomic mass is 10.2. The van der Waals surface area contributed by atoms with Crippen LogP contribution in [0.15, 0.2) is 22.7 Å². The van der Waals surface area contributed by atoms with Crippen molar-refractivity contribution in [1.29, 1.82) is 0 Å². The molecule has 82 valence electrons. The van der Waals surface area contributed by atoms with Gasteiger partial charge in [0.25, 0.3) is 0 Å².